The van der Waals surface area contributed by atoms with Gasteiger partial charge in [0.25, 0.3) is 0 Å². The largest absolute Gasteiger partial charge is 0.576 e. The van der Waals surface area contributed by atoms with Crippen molar-refractivity contribution in [2.75, 3.05) is 0 Å². The van der Waals surface area contributed by atoms with Gasteiger partial charge in [0, 0.05) is 16.2 Å². The maximum absolute atomic E-state index is 6.35. The molecule has 6 fully saturated rings. The second-order valence-electron chi connectivity index (χ2n) is 28.8. The molecule has 0 unspecified atom stereocenters. The molecule has 0 bridgehead atoms. The molecule has 14 nitrogen and oxygen atoms in total. The number of hydrogen-bond donors (Lipinski definition) is 0. The van der Waals surface area contributed by atoms with E-state index in [2.05, 4.69) is 138 Å². The molecule has 75 heavy (non-hydrogen) atoms. The van der Waals surface area contributed by atoms with Crippen LogP contribution in [0.4, 0.5) is 0 Å². The maximum Gasteiger partial charge on any atom is 0.576 e. The van der Waals surface area contributed by atoms with Crippen LogP contribution in [0, 0.1) is 16.2 Å². The van der Waals surface area contributed by atoms with Crippen LogP contribution in [0.15, 0.2) is 24.3 Å². The third kappa shape index (κ3) is 14.1. The summed E-state index contributed by atoms with van der Waals surface area (Å²) in [5, 5.41) is 0. The number of hydrogen-bond acceptors (Lipinski definition) is 14. The highest BCUT2D eigenvalue weighted by Crippen LogP contribution is 2.53. The standard InChI is InChI=1S/C18H36B2O4.C12H24B2O4.C9H19BO2.C6H5BO2.C6H13BO2.C2H7B/c1-13(2)15(5,6)21-19(22-16(13,7)8)20-23-17(9,10)14(3,4)18(11,12)24-20;1-9(2)10(3,4)16-13(15-9)14-17-11(5,6)12(7,8)18-14;1-7(2)8(3,4)11-10-12-9(7,5)6;1-2-4-6-5(3-1)8-7-9-6;1-5(2)6(3,4)9-7-8-5;1-3-2/h1-12H3;1-8H3;10H,1-6H3;1-4,7H;7H,1-4H3;3H,1-2H3. The zero-order valence-corrected chi connectivity index (χ0v) is 53.7. The van der Waals surface area contributed by atoms with E-state index in [0.717, 1.165) is 11.5 Å². The van der Waals surface area contributed by atoms with Crippen molar-refractivity contribution in [3.63, 3.8) is 0 Å². The second kappa shape index (κ2) is 22.7. The Bertz CT molecular complexity index is 1830. The Hall–Kier alpha value is -1.14. The lowest BCUT2D eigenvalue weighted by atomic mass is 9.43. The number of rotatable bonds is 2. The van der Waals surface area contributed by atoms with Gasteiger partial charge in [0.15, 0.2) is 0 Å². The normalized spacial score (nSPS) is 28.3. The van der Waals surface area contributed by atoms with Crippen LogP contribution < -0.4 is 9.31 Å². The molecule has 1 aromatic carbocycles. The highest BCUT2D eigenvalue weighted by molar-refractivity contribution is 7.11. The van der Waals surface area contributed by atoms with E-state index >= 15 is 0 Å². The van der Waals surface area contributed by atoms with Gasteiger partial charge in [-0.1, -0.05) is 67.3 Å². The van der Waals surface area contributed by atoms with Crippen LogP contribution in [0.5, 0.6) is 11.5 Å². The van der Waals surface area contributed by atoms with Crippen LogP contribution in [-0.2, 0) is 55.9 Å². The third-order valence-electron chi connectivity index (χ3n) is 20.1. The van der Waals surface area contributed by atoms with Crippen LogP contribution in [0.1, 0.15) is 208 Å². The van der Waals surface area contributed by atoms with Gasteiger partial charge >= 0.3 is 51.1 Å². The van der Waals surface area contributed by atoms with Gasteiger partial charge in [0.1, 0.15) is 18.8 Å². The van der Waals surface area contributed by atoms with Gasteiger partial charge < -0.3 is 65.2 Å². The first-order valence-electron chi connectivity index (χ1n) is 27.6. The smallest absolute Gasteiger partial charge is 0.526 e. The van der Waals surface area contributed by atoms with Gasteiger partial charge in [0.2, 0.25) is 0 Å². The highest BCUT2D eigenvalue weighted by atomic mass is 16.7. The molecule has 0 aliphatic carbocycles. The molecule has 8 rings (SSSR count). The van der Waals surface area contributed by atoms with Crippen molar-refractivity contribution in [2.45, 2.75) is 289 Å². The quantitative estimate of drug-likeness (QED) is 0.261. The molecular formula is C53H104B8O14. The Morgan fingerprint density at radius 2 is 0.467 bits per heavy atom. The average Bonchev–Trinajstić information content (AvgIpc) is 3.92. The molecule has 7 aliphatic rings. The molecule has 22 heteroatoms. The maximum atomic E-state index is 6.35. The van der Waals surface area contributed by atoms with Gasteiger partial charge in [-0.25, -0.2) is 0 Å². The molecule has 1 aromatic rings. The molecule has 0 atom stereocenters. The van der Waals surface area contributed by atoms with E-state index in [1.165, 1.54) is 7.28 Å². The molecule has 0 radical (unpaired) electrons. The number of benzene rings is 1. The molecule has 0 saturated carbocycles. The summed E-state index contributed by atoms with van der Waals surface area (Å²) >= 11 is 0. The Morgan fingerprint density at radius 3 is 0.653 bits per heavy atom. The monoisotopic (exact) mass is 1050 g/mol. The Kier molecular flexibility index (Phi) is 20.6. The highest BCUT2D eigenvalue weighted by Gasteiger charge is 2.67. The third-order valence-corrected chi connectivity index (χ3v) is 20.1. The van der Waals surface area contributed by atoms with Gasteiger partial charge in [0.05, 0.1) is 67.2 Å². The molecule has 7 heterocycles. The summed E-state index contributed by atoms with van der Waals surface area (Å²) in [6, 6.07) is 7.63. The lowest BCUT2D eigenvalue weighted by Crippen LogP contribution is -2.73. The topological polar surface area (TPSA) is 129 Å². The average molecular weight is 1050 g/mol. The van der Waals surface area contributed by atoms with Gasteiger partial charge in [-0.15, -0.1) is 0 Å². The minimum atomic E-state index is -0.558. The molecule has 424 valence electrons. The van der Waals surface area contributed by atoms with E-state index in [0.29, 0.717) is 23.1 Å². The first kappa shape index (κ1) is 68.1. The van der Waals surface area contributed by atoms with Gasteiger partial charge in [-0.2, -0.15) is 0 Å². The van der Waals surface area contributed by atoms with Crippen molar-refractivity contribution in [1.82, 2.24) is 0 Å². The summed E-state index contributed by atoms with van der Waals surface area (Å²) in [5.41, 5.74) is -3.70. The van der Waals surface area contributed by atoms with Gasteiger partial charge in [-0.05, 0) is 178 Å². The van der Waals surface area contributed by atoms with Crippen LogP contribution in [0.3, 0.4) is 0 Å². The van der Waals surface area contributed by atoms with Gasteiger partial charge in [-0.3, -0.25) is 0 Å². The molecule has 0 spiro atoms. The molecule has 0 N–H and O–H groups in total. The van der Waals surface area contributed by atoms with E-state index in [-0.39, 0.29) is 83.5 Å². The molecule has 6 saturated heterocycles. The first-order valence-corrected chi connectivity index (χ1v) is 27.6. The van der Waals surface area contributed by atoms with E-state index in [1.54, 1.807) is 0 Å². The molecular weight excluding hydrogens is 947 g/mol. The number of para-hydroxylation sites is 2. The second-order valence-corrected chi connectivity index (χ2v) is 28.8. The minimum Gasteiger partial charge on any atom is -0.526 e. The van der Waals surface area contributed by atoms with Crippen molar-refractivity contribution < 1.29 is 65.2 Å². The molecule has 7 aliphatic heterocycles. The lowest BCUT2D eigenvalue weighted by Gasteiger charge is -2.61. The lowest BCUT2D eigenvalue weighted by molar-refractivity contribution is -0.199. The predicted octanol–water partition coefficient (Wildman–Crippen LogP) is 10.5. The van der Waals surface area contributed by atoms with Crippen molar-refractivity contribution >= 4 is 58.4 Å². The summed E-state index contributed by atoms with van der Waals surface area (Å²) < 4.78 is 81.2. The fourth-order valence-electron chi connectivity index (χ4n) is 8.40. The predicted molar refractivity (Wildman–Crippen MR) is 314 cm³/mol. The Balaban J connectivity index is 0.000000256. The number of fused-ring (bicyclic) bond motifs is 1. The van der Waals surface area contributed by atoms with Crippen LogP contribution in [0.2, 0.25) is 13.6 Å². The molecule has 0 aromatic heterocycles. The molecule has 0 amide bonds. The Labute approximate surface area is 462 Å². The van der Waals surface area contributed by atoms with E-state index in [1.807, 2.05) is 107 Å². The van der Waals surface area contributed by atoms with Crippen molar-refractivity contribution in [3.8, 4) is 11.5 Å². The minimum absolute atomic E-state index is 0.0260. The van der Waals surface area contributed by atoms with E-state index < -0.39 is 28.0 Å². The fraction of sp³-hybridized carbons (Fsp3) is 0.887. The Morgan fingerprint density at radius 1 is 0.280 bits per heavy atom. The summed E-state index contributed by atoms with van der Waals surface area (Å²) in [4.78, 5) is 0. The SMILES string of the molecule is B1Oc2ccccc2O1.CBC.CC1(C)OB(B2OC(C)(C)C(C)(C)C(C)(C)O2)OC(C)(C)C1(C)C.CC1(C)OB(B2OC(C)(C)C(C)(C)O2)OC1(C)C.CC1(C)OBOC(C)(C)C1(C)C.CC1(C)OBOC1(C)C. The summed E-state index contributed by atoms with van der Waals surface area (Å²) in [6.07, 6.45) is 0. The summed E-state index contributed by atoms with van der Waals surface area (Å²) in [7, 11) is 0.380. The van der Waals surface area contributed by atoms with E-state index in [9.17, 15) is 0 Å². The van der Waals surface area contributed by atoms with Crippen LogP contribution in [0.25, 0.3) is 0 Å². The zero-order chi connectivity index (χ0) is 58.5. The van der Waals surface area contributed by atoms with E-state index in [4.69, 9.17) is 65.2 Å². The van der Waals surface area contributed by atoms with Crippen molar-refractivity contribution in [3.05, 3.63) is 24.3 Å². The summed E-state index contributed by atoms with van der Waals surface area (Å²) in [6.45, 7) is 67.2. The van der Waals surface area contributed by atoms with Crippen LogP contribution in [-0.4, -0.2) is 126 Å². The van der Waals surface area contributed by atoms with Crippen LogP contribution >= 0.6 is 0 Å². The zero-order valence-electron chi connectivity index (χ0n) is 53.7. The summed E-state index contributed by atoms with van der Waals surface area (Å²) in [5.74, 6) is 1.69. The van der Waals surface area contributed by atoms with Crippen molar-refractivity contribution in [1.29, 1.82) is 0 Å². The first-order chi connectivity index (χ1) is 33.3. The van der Waals surface area contributed by atoms with Crippen molar-refractivity contribution in [2.24, 2.45) is 16.2 Å². The fourth-order valence-corrected chi connectivity index (χ4v) is 8.40.